The van der Waals surface area contributed by atoms with Gasteiger partial charge >= 0.3 is 0 Å². The van der Waals surface area contributed by atoms with Crippen LogP contribution in [0.15, 0.2) is 12.4 Å². The molecule has 2 atom stereocenters. The van der Waals surface area contributed by atoms with E-state index in [4.69, 9.17) is 5.73 Å². The van der Waals surface area contributed by atoms with E-state index in [1.165, 1.54) is 24.8 Å². The Morgan fingerprint density at radius 1 is 1.57 bits per heavy atom. The second kappa shape index (κ2) is 4.13. The van der Waals surface area contributed by atoms with Gasteiger partial charge in [0.05, 0.1) is 6.20 Å². The van der Waals surface area contributed by atoms with Crippen LogP contribution >= 0.6 is 0 Å². The number of nitrogens with zero attached hydrogens (tertiary/aromatic N) is 2. The van der Waals surface area contributed by atoms with Crippen LogP contribution in [0.5, 0.6) is 0 Å². The average molecular weight is 193 g/mol. The molecule has 2 unspecified atom stereocenters. The quantitative estimate of drug-likeness (QED) is 0.796. The first-order valence-corrected chi connectivity index (χ1v) is 5.59. The van der Waals surface area contributed by atoms with Crippen molar-refractivity contribution in [1.29, 1.82) is 0 Å². The van der Waals surface area contributed by atoms with E-state index in [0.29, 0.717) is 12.0 Å². The molecule has 1 saturated carbocycles. The molecule has 1 aromatic rings. The Balaban J connectivity index is 2.08. The molecule has 2 N–H and O–H groups in total. The molecule has 1 heterocycles. The van der Waals surface area contributed by atoms with Crippen LogP contribution in [0.3, 0.4) is 0 Å². The summed E-state index contributed by atoms with van der Waals surface area (Å²) in [4.78, 5) is 0. The van der Waals surface area contributed by atoms with Gasteiger partial charge in [0, 0.05) is 24.7 Å². The zero-order valence-electron chi connectivity index (χ0n) is 8.82. The van der Waals surface area contributed by atoms with Crippen molar-refractivity contribution in [2.24, 2.45) is 5.73 Å². The molecule has 1 aromatic heterocycles. The van der Waals surface area contributed by atoms with Crippen LogP contribution in [0.2, 0.25) is 0 Å². The standard InChI is InChI=1S/C11H19N3/c1-2-6-14-8-9(7-13-14)10-4-3-5-11(10)12/h7-8,10-11H,2-6,12H2,1H3. The third-order valence-corrected chi connectivity index (χ3v) is 3.10. The lowest BCUT2D eigenvalue weighted by Gasteiger charge is -2.12. The molecule has 0 spiro atoms. The van der Waals surface area contributed by atoms with E-state index in [2.05, 4.69) is 18.2 Å². The highest BCUT2D eigenvalue weighted by Crippen LogP contribution is 2.32. The monoisotopic (exact) mass is 193 g/mol. The van der Waals surface area contributed by atoms with E-state index in [-0.39, 0.29) is 0 Å². The Morgan fingerprint density at radius 3 is 3.07 bits per heavy atom. The molecule has 1 fully saturated rings. The number of hydrogen-bond acceptors (Lipinski definition) is 2. The maximum atomic E-state index is 6.06. The Bertz CT molecular complexity index is 292. The lowest BCUT2D eigenvalue weighted by Crippen LogP contribution is -2.22. The van der Waals surface area contributed by atoms with E-state index in [1.54, 1.807) is 0 Å². The van der Waals surface area contributed by atoms with E-state index in [9.17, 15) is 0 Å². The van der Waals surface area contributed by atoms with Crippen LogP contribution < -0.4 is 5.73 Å². The molecule has 0 radical (unpaired) electrons. The first kappa shape index (κ1) is 9.71. The van der Waals surface area contributed by atoms with Crippen LogP contribution in [-0.4, -0.2) is 15.8 Å². The first-order chi connectivity index (χ1) is 6.81. The smallest absolute Gasteiger partial charge is 0.0525 e. The van der Waals surface area contributed by atoms with Gasteiger partial charge in [-0.3, -0.25) is 4.68 Å². The van der Waals surface area contributed by atoms with Crippen molar-refractivity contribution >= 4 is 0 Å². The molecule has 0 aromatic carbocycles. The predicted octanol–water partition coefficient (Wildman–Crippen LogP) is 1.89. The summed E-state index contributed by atoms with van der Waals surface area (Å²) < 4.78 is 2.03. The van der Waals surface area contributed by atoms with E-state index in [1.807, 2.05) is 10.9 Å². The van der Waals surface area contributed by atoms with Crippen LogP contribution in [0.25, 0.3) is 0 Å². The van der Waals surface area contributed by atoms with E-state index >= 15 is 0 Å². The first-order valence-electron chi connectivity index (χ1n) is 5.59. The van der Waals surface area contributed by atoms with Crippen LogP contribution in [0.4, 0.5) is 0 Å². The van der Waals surface area contributed by atoms with Gasteiger partial charge in [-0.1, -0.05) is 13.3 Å². The lowest BCUT2D eigenvalue weighted by molar-refractivity contribution is 0.593. The van der Waals surface area contributed by atoms with Crippen LogP contribution in [-0.2, 0) is 6.54 Å². The Labute approximate surface area is 85.3 Å². The van der Waals surface area contributed by atoms with Crippen molar-refractivity contribution < 1.29 is 0 Å². The topological polar surface area (TPSA) is 43.8 Å². The van der Waals surface area contributed by atoms with Gasteiger partial charge in [0.2, 0.25) is 0 Å². The fourth-order valence-electron chi connectivity index (χ4n) is 2.33. The molecule has 78 valence electrons. The minimum absolute atomic E-state index is 0.356. The number of hydrogen-bond donors (Lipinski definition) is 1. The average Bonchev–Trinajstić information content (AvgIpc) is 2.74. The summed E-state index contributed by atoms with van der Waals surface area (Å²) in [6, 6.07) is 0.356. The molecule has 0 amide bonds. The molecular formula is C11H19N3. The van der Waals surface area contributed by atoms with Crippen molar-refractivity contribution in [3.63, 3.8) is 0 Å². The van der Waals surface area contributed by atoms with Crippen molar-refractivity contribution in [3.05, 3.63) is 18.0 Å². The summed E-state index contributed by atoms with van der Waals surface area (Å²) in [5.41, 5.74) is 7.39. The second-order valence-corrected chi connectivity index (χ2v) is 4.24. The largest absolute Gasteiger partial charge is 0.327 e. The van der Waals surface area contributed by atoms with Gasteiger partial charge in [-0.05, 0) is 24.8 Å². The van der Waals surface area contributed by atoms with Gasteiger partial charge in [0.15, 0.2) is 0 Å². The highest BCUT2D eigenvalue weighted by molar-refractivity contribution is 5.15. The molecular weight excluding hydrogens is 174 g/mol. The summed E-state index contributed by atoms with van der Waals surface area (Å²) >= 11 is 0. The van der Waals surface area contributed by atoms with Gasteiger partial charge in [0.25, 0.3) is 0 Å². The van der Waals surface area contributed by atoms with Gasteiger partial charge in [0.1, 0.15) is 0 Å². The van der Waals surface area contributed by atoms with Crippen LogP contribution in [0.1, 0.15) is 44.1 Å². The maximum Gasteiger partial charge on any atom is 0.0525 e. The zero-order chi connectivity index (χ0) is 9.97. The number of aryl methyl sites for hydroxylation is 1. The number of nitrogens with two attached hydrogens (primary N) is 1. The van der Waals surface area contributed by atoms with Crippen molar-refractivity contribution in [2.75, 3.05) is 0 Å². The van der Waals surface area contributed by atoms with E-state index < -0.39 is 0 Å². The summed E-state index contributed by atoms with van der Waals surface area (Å²) in [5, 5.41) is 4.35. The summed E-state index contributed by atoms with van der Waals surface area (Å²) in [6.45, 7) is 3.19. The van der Waals surface area contributed by atoms with Crippen molar-refractivity contribution in [1.82, 2.24) is 9.78 Å². The Kier molecular flexibility index (Phi) is 2.87. The minimum atomic E-state index is 0.356. The minimum Gasteiger partial charge on any atom is -0.327 e. The summed E-state index contributed by atoms with van der Waals surface area (Å²) in [7, 11) is 0. The second-order valence-electron chi connectivity index (χ2n) is 4.24. The van der Waals surface area contributed by atoms with Crippen molar-refractivity contribution in [3.8, 4) is 0 Å². The maximum absolute atomic E-state index is 6.06. The van der Waals surface area contributed by atoms with Gasteiger partial charge in [-0.15, -0.1) is 0 Å². The molecule has 1 aliphatic carbocycles. The highest BCUT2D eigenvalue weighted by atomic mass is 15.3. The third-order valence-electron chi connectivity index (χ3n) is 3.10. The predicted molar refractivity (Wildman–Crippen MR) is 57.1 cm³/mol. The normalized spacial score (nSPS) is 27.0. The molecule has 0 saturated heterocycles. The van der Waals surface area contributed by atoms with Gasteiger partial charge in [-0.2, -0.15) is 5.10 Å². The zero-order valence-corrected chi connectivity index (χ0v) is 8.82. The molecule has 0 bridgehead atoms. The fraction of sp³-hybridized carbons (Fsp3) is 0.727. The Morgan fingerprint density at radius 2 is 2.43 bits per heavy atom. The molecule has 3 nitrogen and oxygen atoms in total. The number of aromatic nitrogens is 2. The molecule has 14 heavy (non-hydrogen) atoms. The SMILES string of the molecule is CCCn1cc(C2CCCC2N)cn1. The lowest BCUT2D eigenvalue weighted by atomic mass is 9.98. The summed E-state index contributed by atoms with van der Waals surface area (Å²) in [5.74, 6) is 0.556. The third kappa shape index (κ3) is 1.82. The molecule has 3 heteroatoms. The molecule has 1 aliphatic rings. The van der Waals surface area contributed by atoms with Crippen LogP contribution in [0, 0.1) is 0 Å². The fourth-order valence-corrected chi connectivity index (χ4v) is 2.33. The van der Waals surface area contributed by atoms with Gasteiger partial charge < -0.3 is 5.73 Å². The Hall–Kier alpha value is -0.830. The molecule has 0 aliphatic heterocycles. The molecule has 2 rings (SSSR count). The van der Waals surface area contributed by atoms with Crippen molar-refractivity contribution in [2.45, 2.75) is 51.1 Å². The van der Waals surface area contributed by atoms with Gasteiger partial charge in [-0.25, -0.2) is 0 Å². The number of rotatable bonds is 3. The summed E-state index contributed by atoms with van der Waals surface area (Å²) in [6.07, 6.45) is 8.97. The highest BCUT2D eigenvalue weighted by Gasteiger charge is 2.26. The van der Waals surface area contributed by atoms with E-state index in [0.717, 1.165) is 13.0 Å².